The molecule has 0 radical (unpaired) electrons. The van der Waals surface area contributed by atoms with Gasteiger partial charge in [-0.1, -0.05) is 24.4 Å². The quantitative estimate of drug-likeness (QED) is 0.902. The van der Waals surface area contributed by atoms with Crippen LogP contribution < -0.4 is 5.73 Å². The van der Waals surface area contributed by atoms with Crippen LogP contribution in [0.5, 0.6) is 0 Å². The SMILES string of the molecule is NC1(c2nc(-c3ccc(F)cc3)no2)CCCCC1. The molecule has 1 aliphatic rings. The second-order valence-corrected chi connectivity index (χ2v) is 5.15. The van der Waals surface area contributed by atoms with Gasteiger partial charge >= 0.3 is 0 Å². The lowest BCUT2D eigenvalue weighted by Gasteiger charge is -2.29. The maximum Gasteiger partial charge on any atom is 0.247 e. The summed E-state index contributed by atoms with van der Waals surface area (Å²) in [6.07, 6.45) is 5.13. The Hall–Kier alpha value is -1.75. The number of hydrogen-bond donors (Lipinski definition) is 1. The van der Waals surface area contributed by atoms with E-state index in [1.54, 1.807) is 12.1 Å². The highest BCUT2D eigenvalue weighted by Gasteiger charge is 2.35. The van der Waals surface area contributed by atoms with Crippen molar-refractivity contribution in [3.63, 3.8) is 0 Å². The van der Waals surface area contributed by atoms with Crippen LogP contribution in [-0.2, 0) is 5.54 Å². The molecule has 0 atom stereocenters. The van der Waals surface area contributed by atoms with Gasteiger partial charge in [0.25, 0.3) is 0 Å². The molecule has 2 aromatic rings. The fourth-order valence-corrected chi connectivity index (χ4v) is 2.54. The third kappa shape index (κ3) is 2.38. The van der Waals surface area contributed by atoms with E-state index in [2.05, 4.69) is 10.1 Å². The Morgan fingerprint density at radius 2 is 1.79 bits per heavy atom. The van der Waals surface area contributed by atoms with E-state index in [4.69, 9.17) is 10.3 Å². The second-order valence-electron chi connectivity index (χ2n) is 5.15. The number of benzene rings is 1. The predicted molar refractivity (Wildman–Crippen MR) is 68.6 cm³/mol. The van der Waals surface area contributed by atoms with Crippen molar-refractivity contribution in [2.24, 2.45) is 5.73 Å². The zero-order valence-corrected chi connectivity index (χ0v) is 10.6. The van der Waals surface area contributed by atoms with Crippen LogP contribution in [0.3, 0.4) is 0 Å². The first-order chi connectivity index (χ1) is 9.17. The van der Waals surface area contributed by atoms with Gasteiger partial charge in [-0.05, 0) is 37.1 Å². The van der Waals surface area contributed by atoms with Gasteiger partial charge < -0.3 is 10.3 Å². The monoisotopic (exact) mass is 261 g/mol. The van der Waals surface area contributed by atoms with Crippen LogP contribution in [0.1, 0.15) is 38.0 Å². The molecule has 3 rings (SSSR count). The molecule has 1 saturated carbocycles. The Bertz CT molecular complexity index is 558. The van der Waals surface area contributed by atoms with Gasteiger partial charge in [0.05, 0.1) is 5.54 Å². The molecule has 4 nitrogen and oxygen atoms in total. The van der Waals surface area contributed by atoms with Crippen molar-refractivity contribution in [1.29, 1.82) is 0 Å². The van der Waals surface area contributed by atoms with E-state index in [1.807, 2.05) is 0 Å². The summed E-state index contributed by atoms with van der Waals surface area (Å²) in [6, 6.07) is 6.02. The van der Waals surface area contributed by atoms with Crippen molar-refractivity contribution >= 4 is 0 Å². The largest absolute Gasteiger partial charge is 0.337 e. The van der Waals surface area contributed by atoms with E-state index in [0.29, 0.717) is 11.7 Å². The zero-order valence-electron chi connectivity index (χ0n) is 10.6. The highest BCUT2D eigenvalue weighted by molar-refractivity contribution is 5.53. The first kappa shape index (κ1) is 12.3. The number of rotatable bonds is 2. The molecule has 5 heteroatoms. The molecule has 0 saturated heterocycles. The maximum absolute atomic E-state index is 12.9. The Kier molecular flexibility index (Phi) is 3.06. The van der Waals surface area contributed by atoms with Gasteiger partial charge in [-0.25, -0.2) is 4.39 Å². The number of hydrogen-bond acceptors (Lipinski definition) is 4. The predicted octanol–water partition coefficient (Wildman–Crippen LogP) is 2.99. The molecule has 0 amide bonds. The van der Waals surface area contributed by atoms with Gasteiger partial charge in [0.2, 0.25) is 11.7 Å². The molecule has 1 aliphatic carbocycles. The normalized spacial score (nSPS) is 18.4. The van der Waals surface area contributed by atoms with Gasteiger partial charge in [0, 0.05) is 5.56 Å². The standard InChI is InChI=1S/C14H16FN3O/c15-11-6-4-10(5-7-11)12-17-13(19-18-12)14(16)8-2-1-3-9-14/h4-7H,1-3,8-9,16H2. The van der Waals surface area contributed by atoms with Crippen molar-refractivity contribution in [1.82, 2.24) is 10.1 Å². The number of halogens is 1. The average molecular weight is 261 g/mol. The zero-order chi connectivity index (χ0) is 13.3. The molecule has 19 heavy (non-hydrogen) atoms. The van der Waals surface area contributed by atoms with E-state index < -0.39 is 5.54 Å². The lowest BCUT2D eigenvalue weighted by Crippen LogP contribution is -2.38. The molecule has 0 unspecified atom stereocenters. The van der Waals surface area contributed by atoms with Crippen molar-refractivity contribution in [3.8, 4) is 11.4 Å². The van der Waals surface area contributed by atoms with Crippen molar-refractivity contribution < 1.29 is 8.91 Å². The van der Waals surface area contributed by atoms with Crippen LogP contribution in [0, 0.1) is 5.82 Å². The molecular formula is C14H16FN3O. The molecule has 2 N–H and O–H groups in total. The van der Waals surface area contributed by atoms with Crippen molar-refractivity contribution in [2.45, 2.75) is 37.6 Å². The molecule has 0 bridgehead atoms. The van der Waals surface area contributed by atoms with E-state index in [1.165, 1.54) is 18.6 Å². The van der Waals surface area contributed by atoms with E-state index in [-0.39, 0.29) is 5.82 Å². The summed E-state index contributed by atoms with van der Waals surface area (Å²) < 4.78 is 18.2. The summed E-state index contributed by atoms with van der Waals surface area (Å²) in [5.74, 6) is 0.673. The van der Waals surface area contributed by atoms with Gasteiger partial charge in [0.1, 0.15) is 5.82 Å². The lowest BCUT2D eigenvalue weighted by atomic mass is 9.82. The van der Waals surface area contributed by atoms with Crippen LogP contribution in [-0.4, -0.2) is 10.1 Å². The fourth-order valence-electron chi connectivity index (χ4n) is 2.54. The lowest BCUT2D eigenvalue weighted by molar-refractivity contribution is 0.220. The second kappa shape index (κ2) is 4.74. The summed E-state index contributed by atoms with van der Waals surface area (Å²) in [6.45, 7) is 0. The molecule has 100 valence electrons. The van der Waals surface area contributed by atoms with Gasteiger partial charge in [-0.3, -0.25) is 0 Å². The topological polar surface area (TPSA) is 64.9 Å². The summed E-state index contributed by atoms with van der Waals surface area (Å²) >= 11 is 0. The van der Waals surface area contributed by atoms with Gasteiger partial charge in [0.15, 0.2) is 0 Å². The van der Waals surface area contributed by atoms with Crippen LogP contribution in [0.4, 0.5) is 4.39 Å². The molecule has 1 aromatic heterocycles. The first-order valence-corrected chi connectivity index (χ1v) is 6.56. The van der Waals surface area contributed by atoms with Gasteiger partial charge in [-0.15, -0.1) is 0 Å². The molecule has 1 aromatic carbocycles. The van der Waals surface area contributed by atoms with E-state index >= 15 is 0 Å². The summed E-state index contributed by atoms with van der Waals surface area (Å²) in [7, 11) is 0. The minimum absolute atomic E-state index is 0.282. The smallest absolute Gasteiger partial charge is 0.247 e. The summed E-state index contributed by atoms with van der Waals surface area (Å²) in [4.78, 5) is 4.38. The third-order valence-corrected chi connectivity index (χ3v) is 3.70. The van der Waals surface area contributed by atoms with Crippen molar-refractivity contribution in [2.75, 3.05) is 0 Å². The van der Waals surface area contributed by atoms with E-state index in [9.17, 15) is 4.39 Å². The fraction of sp³-hybridized carbons (Fsp3) is 0.429. The molecule has 0 aliphatic heterocycles. The minimum Gasteiger partial charge on any atom is -0.337 e. The molecule has 1 heterocycles. The summed E-state index contributed by atoms with van der Waals surface area (Å²) in [5, 5.41) is 3.95. The average Bonchev–Trinajstić information content (AvgIpc) is 2.91. The van der Waals surface area contributed by atoms with Crippen LogP contribution in [0.2, 0.25) is 0 Å². The highest BCUT2D eigenvalue weighted by Crippen LogP contribution is 2.34. The highest BCUT2D eigenvalue weighted by atomic mass is 19.1. The Morgan fingerprint density at radius 1 is 1.11 bits per heavy atom. The first-order valence-electron chi connectivity index (χ1n) is 6.56. The van der Waals surface area contributed by atoms with Gasteiger partial charge in [-0.2, -0.15) is 4.98 Å². The Labute approximate surface area is 110 Å². The summed E-state index contributed by atoms with van der Waals surface area (Å²) in [5.41, 5.74) is 6.58. The maximum atomic E-state index is 12.9. The molecule has 1 fully saturated rings. The van der Waals surface area contributed by atoms with Crippen LogP contribution >= 0.6 is 0 Å². The number of nitrogens with zero attached hydrogens (tertiary/aromatic N) is 2. The molecular weight excluding hydrogens is 245 g/mol. The number of nitrogens with two attached hydrogens (primary N) is 1. The van der Waals surface area contributed by atoms with Crippen LogP contribution in [0.25, 0.3) is 11.4 Å². The van der Waals surface area contributed by atoms with Crippen molar-refractivity contribution in [3.05, 3.63) is 36.0 Å². The molecule has 0 spiro atoms. The minimum atomic E-state index is -0.496. The number of aromatic nitrogens is 2. The Balaban J connectivity index is 1.88. The Morgan fingerprint density at radius 3 is 2.47 bits per heavy atom. The van der Waals surface area contributed by atoms with E-state index in [0.717, 1.165) is 31.2 Å². The third-order valence-electron chi connectivity index (χ3n) is 3.70. The van der Waals surface area contributed by atoms with Crippen LogP contribution in [0.15, 0.2) is 28.8 Å².